The van der Waals surface area contributed by atoms with Crippen molar-refractivity contribution < 1.29 is 4.74 Å². The summed E-state index contributed by atoms with van der Waals surface area (Å²) in [6.45, 7) is 4.82. The highest BCUT2D eigenvalue weighted by Crippen LogP contribution is 2.18. The molecule has 0 saturated carbocycles. The highest BCUT2D eigenvalue weighted by Gasteiger charge is 2.17. The van der Waals surface area contributed by atoms with Gasteiger partial charge in [-0.2, -0.15) is 15.0 Å². The largest absolute Gasteiger partial charge is 0.467 e. The van der Waals surface area contributed by atoms with Crippen molar-refractivity contribution in [1.82, 2.24) is 15.0 Å². The van der Waals surface area contributed by atoms with E-state index >= 15 is 0 Å². The third-order valence-electron chi connectivity index (χ3n) is 2.51. The van der Waals surface area contributed by atoms with Crippen LogP contribution in [0.4, 0.5) is 11.9 Å². The van der Waals surface area contributed by atoms with E-state index in [1.54, 1.807) is 7.11 Å². The molecule has 1 aromatic rings. The maximum atomic E-state index is 5.07. The van der Waals surface area contributed by atoms with Crippen molar-refractivity contribution in [3.05, 3.63) is 0 Å². The molecular weight excluding hydrogens is 206 g/mol. The number of nitrogens with zero attached hydrogens (tertiary/aromatic N) is 4. The molecule has 1 aromatic heterocycles. The first-order chi connectivity index (χ1) is 7.83. The van der Waals surface area contributed by atoms with Gasteiger partial charge in [-0.25, -0.2) is 0 Å². The minimum absolute atomic E-state index is 0.368. The zero-order chi connectivity index (χ0) is 11.4. The van der Waals surface area contributed by atoms with E-state index in [1.807, 2.05) is 6.92 Å². The van der Waals surface area contributed by atoms with Gasteiger partial charge in [-0.1, -0.05) is 0 Å². The van der Waals surface area contributed by atoms with E-state index in [0.717, 1.165) is 19.6 Å². The van der Waals surface area contributed by atoms with E-state index in [1.165, 1.54) is 12.8 Å². The predicted octanol–water partition coefficient (Wildman–Crippen LogP) is 0.912. The molecule has 0 unspecified atom stereocenters. The molecule has 0 aliphatic carbocycles. The number of rotatable bonds is 4. The lowest BCUT2D eigenvalue weighted by atomic mass is 10.4. The molecular formula is C10H17N5O. The predicted molar refractivity (Wildman–Crippen MR) is 62.0 cm³/mol. The number of hydrogen-bond donors (Lipinski definition) is 1. The average Bonchev–Trinajstić information content (AvgIpc) is 2.82. The van der Waals surface area contributed by atoms with E-state index in [0.29, 0.717) is 17.9 Å². The van der Waals surface area contributed by atoms with Crippen molar-refractivity contribution in [2.24, 2.45) is 0 Å². The van der Waals surface area contributed by atoms with Gasteiger partial charge in [-0.05, 0) is 19.8 Å². The Labute approximate surface area is 95.1 Å². The number of aromatic nitrogens is 3. The third-order valence-corrected chi connectivity index (χ3v) is 2.51. The molecule has 1 N–H and O–H groups in total. The van der Waals surface area contributed by atoms with Crippen LogP contribution >= 0.6 is 0 Å². The molecule has 1 aliphatic rings. The van der Waals surface area contributed by atoms with Gasteiger partial charge in [0.15, 0.2) is 0 Å². The lowest BCUT2D eigenvalue weighted by molar-refractivity contribution is 0.379. The summed E-state index contributed by atoms with van der Waals surface area (Å²) in [5.74, 6) is 1.29. The van der Waals surface area contributed by atoms with Gasteiger partial charge in [0, 0.05) is 19.6 Å². The second-order valence-corrected chi connectivity index (χ2v) is 3.67. The molecule has 6 nitrogen and oxygen atoms in total. The lowest BCUT2D eigenvalue weighted by Crippen LogP contribution is -2.21. The minimum Gasteiger partial charge on any atom is -0.467 e. The molecule has 88 valence electrons. The average molecular weight is 223 g/mol. The SMILES string of the molecule is CCNc1nc(OC)nc(N2CCCC2)n1. The Morgan fingerprint density at radius 1 is 1.25 bits per heavy atom. The van der Waals surface area contributed by atoms with Crippen molar-refractivity contribution in [1.29, 1.82) is 0 Å². The highest BCUT2D eigenvalue weighted by atomic mass is 16.5. The summed E-state index contributed by atoms with van der Waals surface area (Å²) in [7, 11) is 1.57. The Morgan fingerprint density at radius 3 is 2.62 bits per heavy atom. The summed E-state index contributed by atoms with van der Waals surface area (Å²) in [6, 6.07) is 0.368. The zero-order valence-electron chi connectivity index (χ0n) is 9.73. The number of nitrogens with one attached hydrogen (secondary N) is 1. The van der Waals surface area contributed by atoms with E-state index in [2.05, 4.69) is 25.2 Å². The van der Waals surface area contributed by atoms with Gasteiger partial charge >= 0.3 is 6.01 Å². The quantitative estimate of drug-likeness (QED) is 0.818. The van der Waals surface area contributed by atoms with Crippen LogP contribution in [0.1, 0.15) is 19.8 Å². The molecule has 0 atom stereocenters. The molecule has 2 heterocycles. The molecule has 0 amide bonds. The van der Waals surface area contributed by atoms with Gasteiger partial charge in [0.1, 0.15) is 0 Å². The van der Waals surface area contributed by atoms with Crippen LogP contribution in [0.25, 0.3) is 0 Å². The number of anilines is 2. The van der Waals surface area contributed by atoms with Crippen molar-refractivity contribution in [3.8, 4) is 6.01 Å². The summed E-state index contributed by atoms with van der Waals surface area (Å²) in [4.78, 5) is 14.9. The van der Waals surface area contributed by atoms with E-state index in [4.69, 9.17) is 4.74 Å². The van der Waals surface area contributed by atoms with Crippen LogP contribution in [0.15, 0.2) is 0 Å². The Morgan fingerprint density at radius 2 is 2.00 bits per heavy atom. The standard InChI is InChI=1S/C10H17N5O/c1-3-11-8-12-9(14-10(13-8)16-2)15-6-4-5-7-15/h3-7H2,1-2H3,(H,11,12,13,14). The number of ether oxygens (including phenoxy) is 1. The minimum atomic E-state index is 0.368. The fourth-order valence-corrected chi connectivity index (χ4v) is 1.73. The second-order valence-electron chi connectivity index (χ2n) is 3.67. The normalized spacial score (nSPS) is 15.2. The molecule has 0 bridgehead atoms. The van der Waals surface area contributed by atoms with E-state index in [-0.39, 0.29) is 0 Å². The monoisotopic (exact) mass is 223 g/mol. The smallest absolute Gasteiger partial charge is 0.322 e. The van der Waals surface area contributed by atoms with Crippen LogP contribution < -0.4 is 15.0 Å². The molecule has 1 fully saturated rings. The van der Waals surface area contributed by atoms with Crippen LogP contribution in [0.5, 0.6) is 6.01 Å². The van der Waals surface area contributed by atoms with Gasteiger partial charge in [0.25, 0.3) is 0 Å². The topological polar surface area (TPSA) is 63.2 Å². The van der Waals surface area contributed by atoms with E-state index < -0.39 is 0 Å². The van der Waals surface area contributed by atoms with Gasteiger partial charge in [-0.3, -0.25) is 0 Å². The first-order valence-electron chi connectivity index (χ1n) is 5.62. The lowest BCUT2D eigenvalue weighted by Gasteiger charge is -2.16. The summed E-state index contributed by atoms with van der Waals surface area (Å²) < 4.78 is 5.07. The first-order valence-corrected chi connectivity index (χ1v) is 5.62. The molecule has 0 spiro atoms. The maximum absolute atomic E-state index is 5.07. The molecule has 0 radical (unpaired) electrons. The van der Waals surface area contributed by atoms with Gasteiger partial charge in [0.2, 0.25) is 11.9 Å². The molecule has 16 heavy (non-hydrogen) atoms. The van der Waals surface area contributed by atoms with Gasteiger partial charge in [-0.15, -0.1) is 0 Å². The Kier molecular flexibility index (Phi) is 3.38. The van der Waals surface area contributed by atoms with Crippen LogP contribution in [-0.4, -0.2) is 41.7 Å². The van der Waals surface area contributed by atoms with Crippen LogP contribution in [0.2, 0.25) is 0 Å². The van der Waals surface area contributed by atoms with Crippen molar-refractivity contribution >= 4 is 11.9 Å². The zero-order valence-corrected chi connectivity index (χ0v) is 9.73. The molecule has 0 aromatic carbocycles. The molecule has 1 aliphatic heterocycles. The molecule has 6 heteroatoms. The van der Waals surface area contributed by atoms with Crippen molar-refractivity contribution in [3.63, 3.8) is 0 Å². The van der Waals surface area contributed by atoms with Crippen LogP contribution in [0, 0.1) is 0 Å². The number of methoxy groups -OCH3 is 1. The fourth-order valence-electron chi connectivity index (χ4n) is 1.73. The van der Waals surface area contributed by atoms with Gasteiger partial charge < -0.3 is 15.0 Å². The summed E-state index contributed by atoms with van der Waals surface area (Å²) in [5.41, 5.74) is 0. The third kappa shape index (κ3) is 2.32. The second kappa shape index (κ2) is 4.96. The summed E-state index contributed by atoms with van der Waals surface area (Å²) in [6.07, 6.45) is 2.40. The summed E-state index contributed by atoms with van der Waals surface area (Å²) in [5, 5.41) is 3.08. The Balaban J connectivity index is 2.24. The maximum Gasteiger partial charge on any atom is 0.322 e. The Hall–Kier alpha value is -1.59. The van der Waals surface area contributed by atoms with Crippen molar-refractivity contribution in [2.75, 3.05) is 37.0 Å². The Bertz CT molecular complexity index is 351. The van der Waals surface area contributed by atoms with Gasteiger partial charge in [0.05, 0.1) is 7.11 Å². The van der Waals surface area contributed by atoms with Crippen LogP contribution in [0.3, 0.4) is 0 Å². The van der Waals surface area contributed by atoms with Crippen molar-refractivity contribution in [2.45, 2.75) is 19.8 Å². The highest BCUT2D eigenvalue weighted by molar-refractivity contribution is 5.38. The fraction of sp³-hybridized carbons (Fsp3) is 0.700. The summed E-state index contributed by atoms with van der Waals surface area (Å²) >= 11 is 0. The van der Waals surface area contributed by atoms with E-state index in [9.17, 15) is 0 Å². The first kappa shape index (κ1) is 10.9. The van der Waals surface area contributed by atoms with Crippen LogP contribution in [-0.2, 0) is 0 Å². The number of hydrogen-bond acceptors (Lipinski definition) is 6. The molecule has 2 rings (SSSR count). The molecule has 1 saturated heterocycles.